The van der Waals surface area contributed by atoms with Gasteiger partial charge >= 0.3 is 0 Å². The third-order valence-corrected chi connectivity index (χ3v) is 3.66. The third kappa shape index (κ3) is 3.39. The molecule has 0 aliphatic carbocycles. The van der Waals surface area contributed by atoms with E-state index in [0.717, 1.165) is 13.1 Å². The Balaban J connectivity index is 2.02. The highest BCUT2D eigenvalue weighted by atomic mass is 15.3. The molecule has 0 aliphatic heterocycles. The van der Waals surface area contributed by atoms with Gasteiger partial charge in [0.1, 0.15) is 0 Å². The lowest BCUT2D eigenvalue weighted by atomic mass is 10.1. The summed E-state index contributed by atoms with van der Waals surface area (Å²) in [6.45, 7) is 3.98. The van der Waals surface area contributed by atoms with E-state index in [1.807, 2.05) is 17.9 Å². The Bertz CT molecular complexity index is 572. The molecule has 108 valence electrons. The van der Waals surface area contributed by atoms with Crippen LogP contribution < -0.4 is 4.90 Å². The Labute approximate surface area is 121 Å². The minimum atomic E-state index is 0.922. The van der Waals surface area contributed by atoms with E-state index >= 15 is 0 Å². The van der Waals surface area contributed by atoms with Crippen LogP contribution >= 0.6 is 0 Å². The Kier molecular flexibility index (Phi) is 4.45. The summed E-state index contributed by atoms with van der Waals surface area (Å²) in [6, 6.07) is 8.68. The molecule has 20 heavy (non-hydrogen) atoms. The van der Waals surface area contributed by atoms with Gasteiger partial charge in [-0.25, -0.2) is 0 Å². The summed E-state index contributed by atoms with van der Waals surface area (Å²) < 4.78 is 1.93. The summed E-state index contributed by atoms with van der Waals surface area (Å²) in [6.07, 6.45) is 1.96. The number of rotatable bonds is 5. The Morgan fingerprint density at radius 3 is 2.50 bits per heavy atom. The zero-order valence-corrected chi connectivity index (χ0v) is 13.1. The van der Waals surface area contributed by atoms with Gasteiger partial charge in [0.05, 0.1) is 6.20 Å². The van der Waals surface area contributed by atoms with Gasteiger partial charge in [0, 0.05) is 51.2 Å². The molecular weight excluding hydrogens is 248 g/mol. The van der Waals surface area contributed by atoms with Crippen LogP contribution in [0.3, 0.4) is 0 Å². The SMILES string of the molecule is Cc1c(CN(C)Cc2cccc(N(C)C)c2)cnn1C. The van der Waals surface area contributed by atoms with Crippen molar-refractivity contribution < 1.29 is 0 Å². The van der Waals surface area contributed by atoms with Crippen molar-refractivity contribution in [2.45, 2.75) is 20.0 Å². The van der Waals surface area contributed by atoms with Crippen LogP contribution in [0.5, 0.6) is 0 Å². The first-order valence-corrected chi connectivity index (χ1v) is 6.89. The molecule has 0 saturated heterocycles. The van der Waals surface area contributed by atoms with Gasteiger partial charge in [-0.1, -0.05) is 12.1 Å². The molecule has 2 aromatic rings. The van der Waals surface area contributed by atoms with E-state index in [-0.39, 0.29) is 0 Å². The number of aromatic nitrogens is 2. The van der Waals surface area contributed by atoms with Crippen LogP contribution in [0.2, 0.25) is 0 Å². The summed E-state index contributed by atoms with van der Waals surface area (Å²) in [7, 11) is 8.28. The second kappa shape index (κ2) is 6.09. The Morgan fingerprint density at radius 1 is 1.15 bits per heavy atom. The molecule has 0 N–H and O–H groups in total. The number of aryl methyl sites for hydroxylation is 1. The quantitative estimate of drug-likeness (QED) is 0.835. The Hall–Kier alpha value is -1.81. The highest BCUT2D eigenvalue weighted by Crippen LogP contribution is 2.16. The van der Waals surface area contributed by atoms with Crippen LogP contribution in [-0.2, 0) is 20.1 Å². The summed E-state index contributed by atoms with van der Waals surface area (Å²) in [5.74, 6) is 0. The molecular formula is C16H24N4. The second-order valence-electron chi connectivity index (χ2n) is 5.62. The van der Waals surface area contributed by atoms with Crippen LogP contribution in [-0.4, -0.2) is 35.8 Å². The topological polar surface area (TPSA) is 24.3 Å². The normalized spacial score (nSPS) is 11.1. The second-order valence-corrected chi connectivity index (χ2v) is 5.62. The number of hydrogen-bond acceptors (Lipinski definition) is 3. The van der Waals surface area contributed by atoms with Crippen molar-refractivity contribution in [2.75, 3.05) is 26.0 Å². The predicted octanol–water partition coefficient (Wildman–Crippen LogP) is 2.43. The van der Waals surface area contributed by atoms with Crippen molar-refractivity contribution in [3.05, 3.63) is 47.3 Å². The first-order valence-electron chi connectivity index (χ1n) is 6.89. The van der Waals surface area contributed by atoms with Crippen LogP contribution in [0.25, 0.3) is 0 Å². The van der Waals surface area contributed by atoms with Crippen molar-refractivity contribution >= 4 is 5.69 Å². The molecule has 0 bridgehead atoms. The van der Waals surface area contributed by atoms with Gasteiger partial charge in [-0.2, -0.15) is 5.10 Å². The maximum absolute atomic E-state index is 4.30. The van der Waals surface area contributed by atoms with Crippen molar-refractivity contribution in [1.82, 2.24) is 14.7 Å². The smallest absolute Gasteiger partial charge is 0.0537 e. The molecule has 2 rings (SSSR count). The third-order valence-electron chi connectivity index (χ3n) is 3.66. The van der Waals surface area contributed by atoms with E-state index in [9.17, 15) is 0 Å². The monoisotopic (exact) mass is 272 g/mol. The number of hydrogen-bond donors (Lipinski definition) is 0. The van der Waals surface area contributed by atoms with Crippen LogP contribution in [0.1, 0.15) is 16.8 Å². The van der Waals surface area contributed by atoms with E-state index < -0.39 is 0 Å². The molecule has 0 atom stereocenters. The van der Waals surface area contributed by atoms with E-state index in [4.69, 9.17) is 0 Å². The van der Waals surface area contributed by atoms with Gasteiger partial charge in [-0.3, -0.25) is 9.58 Å². The number of nitrogens with zero attached hydrogens (tertiary/aromatic N) is 4. The average Bonchev–Trinajstić information content (AvgIpc) is 2.71. The molecule has 1 heterocycles. The van der Waals surface area contributed by atoms with Crippen molar-refractivity contribution in [2.24, 2.45) is 7.05 Å². The lowest BCUT2D eigenvalue weighted by Crippen LogP contribution is -2.18. The minimum Gasteiger partial charge on any atom is -0.378 e. The molecule has 1 aromatic heterocycles. The fourth-order valence-electron chi connectivity index (χ4n) is 2.29. The predicted molar refractivity (Wildman–Crippen MR) is 83.9 cm³/mol. The van der Waals surface area contributed by atoms with E-state index in [1.54, 1.807) is 0 Å². The maximum Gasteiger partial charge on any atom is 0.0537 e. The summed E-state index contributed by atoms with van der Waals surface area (Å²) >= 11 is 0. The molecule has 0 saturated carbocycles. The average molecular weight is 272 g/mol. The van der Waals surface area contributed by atoms with Crippen LogP contribution in [0.4, 0.5) is 5.69 Å². The molecule has 0 amide bonds. The first kappa shape index (κ1) is 14.6. The van der Waals surface area contributed by atoms with E-state index in [0.29, 0.717) is 0 Å². The van der Waals surface area contributed by atoms with Crippen LogP contribution in [0, 0.1) is 6.92 Å². The van der Waals surface area contributed by atoms with Crippen molar-refractivity contribution in [3.8, 4) is 0 Å². The largest absolute Gasteiger partial charge is 0.378 e. The van der Waals surface area contributed by atoms with Crippen LogP contribution in [0.15, 0.2) is 30.5 Å². The van der Waals surface area contributed by atoms with Crippen molar-refractivity contribution in [3.63, 3.8) is 0 Å². The molecule has 0 aliphatic rings. The van der Waals surface area contributed by atoms with Gasteiger partial charge < -0.3 is 4.90 Å². The Morgan fingerprint density at radius 2 is 1.90 bits per heavy atom. The van der Waals surface area contributed by atoms with Gasteiger partial charge in [0.2, 0.25) is 0 Å². The van der Waals surface area contributed by atoms with Crippen molar-refractivity contribution in [1.29, 1.82) is 0 Å². The summed E-state index contributed by atoms with van der Waals surface area (Å²) in [5, 5.41) is 4.30. The molecule has 4 nitrogen and oxygen atoms in total. The summed E-state index contributed by atoms with van der Waals surface area (Å²) in [4.78, 5) is 4.45. The fourth-order valence-corrected chi connectivity index (χ4v) is 2.29. The van der Waals surface area contributed by atoms with Gasteiger partial charge in [0.25, 0.3) is 0 Å². The highest BCUT2D eigenvalue weighted by Gasteiger charge is 2.08. The molecule has 4 heteroatoms. The minimum absolute atomic E-state index is 0.922. The van der Waals surface area contributed by atoms with Gasteiger partial charge in [-0.05, 0) is 31.7 Å². The van der Waals surface area contributed by atoms with Gasteiger partial charge in [0.15, 0.2) is 0 Å². The van der Waals surface area contributed by atoms with E-state index in [1.165, 1.54) is 22.5 Å². The number of anilines is 1. The zero-order valence-electron chi connectivity index (χ0n) is 13.1. The maximum atomic E-state index is 4.30. The first-order chi connectivity index (χ1) is 9.47. The molecule has 0 unspecified atom stereocenters. The summed E-state index contributed by atoms with van der Waals surface area (Å²) in [5.41, 5.74) is 5.10. The lowest BCUT2D eigenvalue weighted by Gasteiger charge is -2.18. The molecule has 1 aromatic carbocycles. The highest BCUT2D eigenvalue weighted by molar-refractivity contribution is 5.47. The zero-order chi connectivity index (χ0) is 14.7. The molecule has 0 fully saturated rings. The van der Waals surface area contributed by atoms with Gasteiger partial charge in [-0.15, -0.1) is 0 Å². The van der Waals surface area contributed by atoms with E-state index in [2.05, 4.69) is 67.2 Å². The molecule has 0 spiro atoms. The standard InChI is InChI=1S/C16H24N4/c1-13-15(10-17-20(13)5)12-19(4)11-14-7-6-8-16(9-14)18(2)3/h6-10H,11-12H2,1-5H3. The molecule has 0 radical (unpaired) electrons. The number of benzene rings is 1. The fraction of sp³-hybridized carbons (Fsp3) is 0.438. The lowest BCUT2D eigenvalue weighted by molar-refractivity contribution is 0.318.